The van der Waals surface area contributed by atoms with Gasteiger partial charge in [0.1, 0.15) is 11.1 Å². The number of aromatic nitrogens is 5. The second-order valence-electron chi connectivity index (χ2n) is 8.48. The second-order valence-corrected chi connectivity index (χ2v) is 8.48. The highest BCUT2D eigenvalue weighted by Crippen LogP contribution is 2.26. The zero-order chi connectivity index (χ0) is 22.5. The average Bonchev–Trinajstić information content (AvgIpc) is 3.03. The van der Waals surface area contributed by atoms with Gasteiger partial charge in [0.15, 0.2) is 5.65 Å². The van der Waals surface area contributed by atoms with Gasteiger partial charge in [-0.05, 0) is 62.2 Å². The van der Waals surface area contributed by atoms with Crippen LogP contribution in [0.5, 0.6) is 0 Å². The van der Waals surface area contributed by atoms with Crippen LogP contribution in [-0.2, 0) is 25.7 Å². The fourth-order valence-corrected chi connectivity index (χ4v) is 4.01. The molecule has 0 unspecified atom stereocenters. The first-order valence-corrected chi connectivity index (χ1v) is 10.5. The minimum Gasteiger partial charge on any atom is -0.324 e. The number of halogens is 1. The Hall–Kier alpha value is -3.59. The number of alkyl halides is 1. The SMILES string of the molecule is Cn1c(=O)c2cnc(Nc3ccc4c(c3)CCNC4)nc2n1-c1ccnc(C(C)(C)F)c1. The highest BCUT2D eigenvalue weighted by atomic mass is 19.1. The van der Waals surface area contributed by atoms with Crippen molar-refractivity contribution in [3.05, 3.63) is 69.9 Å². The van der Waals surface area contributed by atoms with E-state index in [-0.39, 0.29) is 11.3 Å². The maximum atomic E-state index is 14.5. The Balaban J connectivity index is 1.58. The fraction of sp³-hybridized carbons (Fsp3) is 0.304. The summed E-state index contributed by atoms with van der Waals surface area (Å²) in [6.07, 6.45) is 4.02. The Bertz CT molecular complexity index is 1380. The third kappa shape index (κ3) is 3.54. The Morgan fingerprint density at radius 2 is 2.00 bits per heavy atom. The molecule has 0 aliphatic carbocycles. The van der Waals surface area contributed by atoms with Crippen molar-refractivity contribution in [2.75, 3.05) is 11.9 Å². The normalized spacial score (nSPS) is 13.9. The lowest BCUT2D eigenvalue weighted by Crippen LogP contribution is -2.23. The predicted octanol–water partition coefficient (Wildman–Crippen LogP) is 3.11. The standard InChI is InChI=1S/C23H24FN7O/c1-23(2,24)19-11-17(7-9-26-19)31-20-18(21(32)30(31)3)13-27-22(29-20)28-16-5-4-15-12-25-8-6-14(15)10-16/h4-5,7,9-11,13,25H,6,8,12H2,1-3H3,(H,27,28,29). The van der Waals surface area contributed by atoms with Crippen molar-refractivity contribution in [3.8, 4) is 5.69 Å². The minimum absolute atomic E-state index is 0.231. The van der Waals surface area contributed by atoms with Crippen LogP contribution < -0.4 is 16.2 Å². The molecule has 0 spiro atoms. The summed E-state index contributed by atoms with van der Waals surface area (Å²) in [5.74, 6) is 0.380. The monoisotopic (exact) mass is 433 g/mol. The number of nitrogens with zero attached hydrogens (tertiary/aromatic N) is 5. The molecule has 32 heavy (non-hydrogen) atoms. The number of anilines is 2. The molecule has 1 aliphatic heterocycles. The number of hydrogen-bond acceptors (Lipinski definition) is 6. The molecule has 0 fully saturated rings. The van der Waals surface area contributed by atoms with E-state index in [9.17, 15) is 9.18 Å². The van der Waals surface area contributed by atoms with E-state index >= 15 is 0 Å². The first kappa shape index (κ1) is 20.3. The first-order valence-electron chi connectivity index (χ1n) is 10.5. The van der Waals surface area contributed by atoms with Gasteiger partial charge in [-0.25, -0.2) is 18.7 Å². The smallest absolute Gasteiger partial charge is 0.277 e. The van der Waals surface area contributed by atoms with Crippen LogP contribution in [0.15, 0.2) is 47.5 Å². The number of hydrogen-bond donors (Lipinski definition) is 2. The lowest BCUT2D eigenvalue weighted by Gasteiger charge is -2.18. The molecule has 0 saturated heterocycles. The van der Waals surface area contributed by atoms with E-state index in [4.69, 9.17) is 0 Å². The molecule has 164 valence electrons. The summed E-state index contributed by atoms with van der Waals surface area (Å²) < 4.78 is 17.6. The Morgan fingerprint density at radius 1 is 1.16 bits per heavy atom. The number of nitrogens with one attached hydrogen (secondary N) is 2. The molecule has 1 aliphatic rings. The quantitative estimate of drug-likeness (QED) is 0.514. The van der Waals surface area contributed by atoms with E-state index in [0.717, 1.165) is 25.2 Å². The molecular formula is C23H24FN7O. The molecule has 0 saturated carbocycles. The first-order chi connectivity index (χ1) is 15.3. The van der Waals surface area contributed by atoms with E-state index in [1.807, 2.05) is 6.07 Å². The third-order valence-corrected chi connectivity index (χ3v) is 5.74. The molecule has 0 radical (unpaired) electrons. The van der Waals surface area contributed by atoms with Crippen molar-refractivity contribution in [2.24, 2.45) is 7.05 Å². The van der Waals surface area contributed by atoms with Gasteiger partial charge in [0.2, 0.25) is 5.95 Å². The van der Waals surface area contributed by atoms with E-state index < -0.39 is 5.67 Å². The summed E-state index contributed by atoms with van der Waals surface area (Å²) in [5, 5.41) is 7.00. The largest absolute Gasteiger partial charge is 0.324 e. The minimum atomic E-state index is -1.61. The van der Waals surface area contributed by atoms with E-state index in [1.54, 1.807) is 23.9 Å². The van der Waals surface area contributed by atoms with Gasteiger partial charge in [0.05, 0.1) is 11.4 Å². The van der Waals surface area contributed by atoms with Crippen molar-refractivity contribution >= 4 is 22.7 Å². The molecule has 9 heteroatoms. The molecule has 2 N–H and O–H groups in total. The van der Waals surface area contributed by atoms with E-state index in [1.165, 1.54) is 42.0 Å². The lowest BCUT2D eigenvalue weighted by atomic mass is 10.0. The Kier molecular flexibility index (Phi) is 4.78. The number of benzene rings is 1. The molecule has 0 amide bonds. The Morgan fingerprint density at radius 3 is 2.81 bits per heavy atom. The Labute approximate surface area is 184 Å². The van der Waals surface area contributed by atoms with Crippen LogP contribution in [-0.4, -0.2) is 30.9 Å². The van der Waals surface area contributed by atoms with Crippen molar-refractivity contribution in [1.82, 2.24) is 29.6 Å². The summed E-state index contributed by atoms with van der Waals surface area (Å²) in [7, 11) is 1.65. The van der Waals surface area contributed by atoms with Gasteiger partial charge in [0.25, 0.3) is 5.56 Å². The molecule has 0 atom stereocenters. The zero-order valence-electron chi connectivity index (χ0n) is 18.2. The van der Waals surface area contributed by atoms with Gasteiger partial charge in [-0.3, -0.25) is 9.78 Å². The third-order valence-electron chi connectivity index (χ3n) is 5.74. The van der Waals surface area contributed by atoms with E-state index in [2.05, 4.69) is 37.7 Å². The van der Waals surface area contributed by atoms with Crippen LogP contribution in [0.2, 0.25) is 0 Å². The highest BCUT2D eigenvalue weighted by Gasteiger charge is 2.22. The van der Waals surface area contributed by atoms with Gasteiger partial charge < -0.3 is 10.6 Å². The highest BCUT2D eigenvalue weighted by molar-refractivity contribution is 5.77. The van der Waals surface area contributed by atoms with Crippen LogP contribution in [0.25, 0.3) is 16.7 Å². The molecule has 4 heterocycles. The van der Waals surface area contributed by atoms with Crippen molar-refractivity contribution in [2.45, 2.75) is 32.5 Å². The summed E-state index contributed by atoms with van der Waals surface area (Å²) >= 11 is 0. The average molecular weight is 433 g/mol. The van der Waals surface area contributed by atoms with Crippen LogP contribution >= 0.6 is 0 Å². The summed E-state index contributed by atoms with van der Waals surface area (Å²) in [5.41, 5.74) is 2.95. The topological polar surface area (TPSA) is 89.7 Å². The van der Waals surface area contributed by atoms with Crippen LogP contribution in [0, 0.1) is 0 Å². The molecule has 8 nitrogen and oxygen atoms in total. The number of fused-ring (bicyclic) bond motifs is 2. The molecule has 5 rings (SSSR count). The van der Waals surface area contributed by atoms with Gasteiger partial charge in [-0.15, -0.1) is 0 Å². The molecule has 3 aromatic heterocycles. The van der Waals surface area contributed by atoms with Crippen molar-refractivity contribution < 1.29 is 4.39 Å². The maximum absolute atomic E-state index is 14.5. The zero-order valence-corrected chi connectivity index (χ0v) is 18.2. The number of pyridine rings is 1. The van der Waals surface area contributed by atoms with Gasteiger partial charge >= 0.3 is 0 Å². The van der Waals surface area contributed by atoms with Crippen LogP contribution in [0.1, 0.15) is 30.7 Å². The maximum Gasteiger partial charge on any atom is 0.277 e. The van der Waals surface area contributed by atoms with Gasteiger partial charge in [-0.2, -0.15) is 4.98 Å². The van der Waals surface area contributed by atoms with Gasteiger partial charge in [-0.1, -0.05) is 6.07 Å². The van der Waals surface area contributed by atoms with Crippen LogP contribution in [0.4, 0.5) is 16.0 Å². The van der Waals surface area contributed by atoms with Crippen molar-refractivity contribution in [1.29, 1.82) is 0 Å². The fourth-order valence-electron chi connectivity index (χ4n) is 4.01. The van der Waals surface area contributed by atoms with Crippen LogP contribution in [0.3, 0.4) is 0 Å². The lowest BCUT2D eigenvalue weighted by molar-refractivity contribution is 0.214. The summed E-state index contributed by atoms with van der Waals surface area (Å²) in [4.78, 5) is 25.9. The molecular weight excluding hydrogens is 409 g/mol. The summed E-state index contributed by atoms with van der Waals surface area (Å²) in [6, 6.07) is 9.56. The number of rotatable bonds is 4. The molecule has 1 aromatic carbocycles. The predicted molar refractivity (Wildman–Crippen MR) is 121 cm³/mol. The van der Waals surface area contributed by atoms with E-state index in [0.29, 0.717) is 22.7 Å². The second kappa shape index (κ2) is 7.52. The molecule has 0 bridgehead atoms. The molecule has 4 aromatic rings. The van der Waals surface area contributed by atoms with Gasteiger partial charge in [0, 0.05) is 31.7 Å². The summed E-state index contributed by atoms with van der Waals surface area (Å²) in [6.45, 7) is 4.73. The van der Waals surface area contributed by atoms with Crippen molar-refractivity contribution in [3.63, 3.8) is 0 Å².